The lowest BCUT2D eigenvalue weighted by molar-refractivity contribution is -0.131. The monoisotopic (exact) mass is 267 g/mol. The van der Waals surface area contributed by atoms with Gasteiger partial charge in [0.15, 0.2) is 5.60 Å². The molecule has 1 aliphatic heterocycles. The molecule has 0 bridgehead atoms. The van der Waals surface area contributed by atoms with E-state index in [1.54, 1.807) is 18.7 Å². The highest BCUT2D eigenvalue weighted by Gasteiger charge is 2.41. The molecule has 0 radical (unpaired) electrons. The maximum Gasteiger partial charge on any atom is 0.275 e. The maximum atomic E-state index is 12.7. The van der Waals surface area contributed by atoms with Crippen LogP contribution in [-0.2, 0) is 4.79 Å². The number of ether oxygens (including phenoxy) is 1. The molecule has 0 saturated heterocycles. The van der Waals surface area contributed by atoms with Crippen LogP contribution in [0, 0.1) is 6.92 Å². The first-order valence-electron chi connectivity index (χ1n) is 6.68. The smallest absolute Gasteiger partial charge is 0.275 e. The number of nitrogens with zero attached hydrogens (tertiary/aromatic N) is 1. The molecule has 0 unspecified atom stereocenters. The molecule has 102 valence electrons. The Morgan fingerprint density at radius 1 is 1.00 bits per heavy atom. The zero-order valence-electron chi connectivity index (χ0n) is 11.9. The molecule has 3 heteroatoms. The van der Waals surface area contributed by atoms with Crippen molar-refractivity contribution >= 4 is 17.3 Å². The molecule has 0 spiro atoms. The van der Waals surface area contributed by atoms with Crippen molar-refractivity contribution in [2.75, 3.05) is 4.90 Å². The zero-order chi connectivity index (χ0) is 14.3. The maximum absolute atomic E-state index is 12.7. The van der Waals surface area contributed by atoms with E-state index in [-0.39, 0.29) is 5.91 Å². The van der Waals surface area contributed by atoms with Crippen molar-refractivity contribution in [2.45, 2.75) is 26.4 Å². The Morgan fingerprint density at radius 2 is 1.65 bits per heavy atom. The molecule has 0 N–H and O–H groups in total. The van der Waals surface area contributed by atoms with Crippen molar-refractivity contribution in [3.63, 3.8) is 0 Å². The summed E-state index contributed by atoms with van der Waals surface area (Å²) in [5.74, 6) is 0.678. The van der Waals surface area contributed by atoms with E-state index in [4.69, 9.17) is 4.74 Å². The van der Waals surface area contributed by atoms with Gasteiger partial charge in [-0.15, -0.1) is 0 Å². The van der Waals surface area contributed by atoms with Crippen molar-refractivity contribution in [3.05, 3.63) is 54.1 Å². The lowest BCUT2D eigenvalue weighted by Gasteiger charge is -2.38. The molecular weight excluding hydrogens is 250 g/mol. The van der Waals surface area contributed by atoms with E-state index in [9.17, 15) is 4.79 Å². The second-order valence-corrected chi connectivity index (χ2v) is 5.56. The minimum atomic E-state index is -0.862. The van der Waals surface area contributed by atoms with Gasteiger partial charge in [-0.2, -0.15) is 0 Å². The van der Waals surface area contributed by atoms with Crippen LogP contribution in [0.2, 0.25) is 0 Å². The fourth-order valence-corrected chi connectivity index (χ4v) is 2.38. The Kier molecular flexibility index (Phi) is 2.78. The number of carbonyl (C=O) groups excluding carboxylic acids is 1. The van der Waals surface area contributed by atoms with Gasteiger partial charge in [0.1, 0.15) is 5.75 Å². The van der Waals surface area contributed by atoms with E-state index < -0.39 is 5.60 Å². The third-order valence-electron chi connectivity index (χ3n) is 3.48. The van der Waals surface area contributed by atoms with Gasteiger partial charge in [-0.25, -0.2) is 0 Å². The normalized spacial score (nSPS) is 16.6. The minimum Gasteiger partial charge on any atom is -0.476 e. The molecule has 2 aromatic carbocycles. The molecule has 1 heterocycles. The zero-order valence-corrected chi connectivity index (χ0v) is 11.9. The lowest BCUT2D eigenvalue weighted by atomic mass is 10.0. The number of hydrogen-bond acceptors (Lipinski definition) is 2. The van der Waals surface area contributed by atoms with E-state index in [0.29, 0.717) is 0 Å². The fourth-order valence-electron chi connectivity index (χ4n) is 2.38. The van der Waals surface area contributed by atoms with Gasteiger partial charge >= 0.3 is 0 Å². The molecule has 20 heavy (non-hydrogen) atoms. The predicted molar refractivity (Wildman–Crippen MR) is 79.5 cm³/mol. The van der Waals surface area contributed by atoms with Gasteiger partial charge in [0.05, 0.1) is 5.69 Å². The Balaban J connectivity index is 2.17. The summed E-state index contributed by atoms with van der Waals surface area (Å²) in [6, 6.07) is 15.6. The highest BCUT2D eigenvalue weighted by molar-refractivity contribution is 6.07. The molecule has 0 fully saturated rings. The van der Waals surface area contributed by atoms with Gasteiger partial charge in [-0.05, 0) is 45.0 Å². The van der Waals surface area contributed by atoms with Gasteiger partial charge < -0.3 is 4.74 Å². The summed E-state index contributed by atoms with van der Waals surface area (Å²) in [7, 11) is 0. The first-order valence-corrected chi connectivity index (χ1v) is 6.68. The second kappa shape index (κ2) is 4.37. The molecule has 0 aliphatic carbocycles. The number of carbonyl (C=O) groups is 1. The van der Waals surface area contributed by atoms with E-state index in [1.165, 1.54) is 5.56 Å². The molecule has 3 nitrogen and oxygen atoms in total. The Morgan fingerprint density at radius 3 is 2.35 bits per heavy atom. The van der Waals surface area contributed by atoms with Crippen LogP contribution in [0.5, 0.6) is 5.75 Å². The average molecular weight is 267 g/mol. The third kappa shape index (κ3) is 1.95. The van der Waals surface area contributed by atoms with E-state index in [2.05, 4.69) is 0 Å². The van der Waals surface area contributed by atoms with E-state index in [1.807, 2.05) is 55.5 Å². The Hall–Kier alpha value is -2.29. The van der Waals surface area contributed by atoms with Gasteiger partial charge in [-0.3, -0.25) is 9.69 Å². The minimum absolute atomic E-state index is 0.0555. The number of fused-ring (bicyclic) bond motifs is 1. The highest BCUT2D eigenvalue weighted by Crippen LogP contribution is 2.41. The van der Waals surface area contributed by atoms with Crippen molar-refractivity contribution in [2.24, 2.45) is 0 Å². The molecule has 0 atom stereocenters. The number of amides is 1. The van der Waals surface area contributed by atoms with Crippen LogP contribution in [0.3, 0.4) is 0 Å². The van der Waals surface area contributed by atoms with E-state index in [0.717, 1.165) is 17.1 Å². The molecular formula is C17H17NO2. The standard InChI is InChI=1S/C17H17NO2/c1-12-8-10-13(11-9-12)18-14-6-4-5-7-15(14)20-17(2,3)16(18)19/h4-11H,1-3H3. The van der Waals surface area contributed by atoms with Crippen LogP contribution < -0.4 is 9.64 Å². The summed E-state index contributed by atoms with van der Waals surface area (Å²) < 4.78 is 5.82. The first-order chi connectivity index (χ1) is 9.49. The van der Waals surface area contributed by atoms with Crippen LogP contribution in [0.25, 0.3) is 0 Å². The SMILES string of the molecule is Cc1ccc(N2C(=O)C(C)(C)Oc3ccccc32)cc1. The Labute approximate surface area is 118 Å². The number of aryl methyl sites for hydroxylation is 1. The quantitative estimate of drug-likeness (QED) is 0.786. The van der Waals surface area contributed by atoms with Gasteiger partial charge in [0.2, 0.25) is 0 Å². The van der Waals surface area contributed by atoms with Gasteiger partial charge in [0.25, 0.3) is 5.91 Å². The summed E-state index contributed by atoms with van der Waals surface area (Å²) in [5.41, 5.74) is 1.96. The molecule has 0 saturated carbocycles. The van der Waals surface area contributed by atoms with Crippen LogP contribution in [0.1, 0.15) is 19.4 Å². The van der Waals surface area contributed by atoms with Gasteiger partial charge in [0, 0.05) is 5.69 Å². The van der Waals surface area contributed by atoms with Crippen LogP contribution in [0.4, 0.5) is 11.4 Å². The van der Waals surface area contributed by atoms with Crippen molar-refractivity contribution < 1.29 is 9.53 Å². The summed E-state index contributed by atoms with van der Waals surface area (Å²) >= 11 is 0. The molecule has 0 aromatic heterocycles. The van der Waals surface area contributed by atoms with E-state index >= 15 is 0 Å². The number of para-hydroxylation sites is 2. The van der Waals surface area contributed by atoms with Crippen LogP contribution in [0.15, 0.2) is 48.5 Å². The van der Waals surface area contributed by atoms with Gasteiger partial charge in [-0.1, -0.05) is 29.8 Å². The second-order valence-electron chi connectivity index (χ2n) is 5.56. The summed E-state index contributed by atoms with van der Waals surface area (Å²) in [4.78, 5) is 14.4. The number of benzene rings is 2. The number of rotatable bonds is 1. The number of hydrogen-bond donors (Lipinski definition) is 0. The summed E-state index contributed by atoms with van der Waals surface area (Å²) in [5, 5.41) is 0. The van der Waals surface area contributed by atoms with Crippen LogP contribution >= 0.6 is 0 Å². The topological polar surface area (TPSA) is 29.5 Å². The Bertz CT molecular complexity index is 659. The highest BCUT2D eigenvalue weighted by atomic mass is 16.5. The number of anilines is 2. The average Bonchev–Trinajstić information content (AvgIpc) is 2.41. The van der Waals surface area contributed by atoms with Crippen molar-refractivity contribution in [1.82, 2.24) is 0 Å². The predicted octanol–water partition coefficient (Wildman–Crippen LogP) is 3.83. The summed E-state index contributed by atoms with van der Waals surface area (Å²) in [6.07, 6.45) is 0. The van der Waals surface area contributed by atoms with Crippen molar-refractivity contribution in [3.8, 4) is 5.75 Å². The summed E-state index contributed by atoms with van der Waals surface area (Å²) in [6.45, 7) is 5.63. The largest absolute Gasteiger partial charge is 0.476 e. The molecule has 2 aromatic rings. The third-order valence-corrected chi connectivity index (χ3v) is 3.48. The lowest BCUT2D eigenvalue weighted by Crippen LogP contribution is -2.50. The first kappa shape index (κ1) is 12.7. The molecule has 3 rings (SSSR count). The van der Waals surface area contributed by atoms with Crippen LogP contribution in [-0.4, -0.2) is 11.5 Å². The molecule has 1 amide bonds. The fraction of sp³-hybridized carbons (Fsp3) is 0.235. The van der Waals surface area contributed by atoms with Crippen molar-refractivity contribution in [1.29, 1.82) is 0 Å². The molecule has 1 aliphatic rings.